The van der Waals surface area contributed by atoms with Crippen molar-refractivity contribution in [1.29, 1.82) is 0 Å². The number of nitrogens with zero attached hydrogens (tertiary/aromatic N) is 2. The van der Waals surface area contributed by atoms with Crippen molar-refractivity contribution < 1.29 is 13.2 Å². The number of carbonyl (C=O) groups is 1. The smallest absolute Gasteiger partial charge is 0.264 e. The normalized spacial score (nSPS) is 11.5. The molecule has 3 aromatic carbocycles. The molecule has 1 N–H and O–H groups in total. The molecule has 0 aliphatic rings. The Morgan fingerprint density at radius 1 is 1.03 bits per heavy atom. The third-order valence-electron chi connectivity index (χ3n) is 4.49. The monoisotopic (exact) mass is 499 g/mol. The number of amides is 1. The van der Waals surface area contributed by atoms with Crippen molar-refractivity contribution in [3.05, 3.63) is 94.0 Å². The van der Waals surface area contributed by atoms with Gasteiger partial charge in [0.25, 0.3) is 15.9 Å². The number of hydrogen-bond acceptors (Lipinski definition) is 4. The number of hydrogen-bond donors (Lipinski definition) is 1. The maximum Gasteiger partial charge on any atom is 0.264 e. The number of anilines is 1. The summed E-state index contributed by atoms with van der Waals surface area (Å²) in [5.74, 6) is -0.550. The van der Waals surface area contributed by atoms with Crippen molar-refractivity contribution in [2.45, 2.75) is 18.7 Å². The summed E-state index contributed by atoms with van der Waals surface area (Å²) in [6.07, 6.45) is 1.50. The van der Waals surface area contributed by atoms with Crippen LogP contribution in [0.15, 0.2) is 87.3 Å². The topological polar surface area (TPSA) is 78.8 Å². The van der Waals surface area contributed by atoms with Crippen molar-refractivity contribution in [3.63, 3.8) is 0 Å². The second-order valence-electron chi connectivity index (χ2n) is 6.96. The highest BCUT2D eigenvalue weighted by molar-refractivity contribution is 9.10. The SMILES string of the molecule is Cc1ccc(N(CC(=O)N/N=C\c2cccc(Br)c2)S(=O)(=O)c2ccccc2)c(C)c1. The van der Waals surface area contributed by atoms with Crippen LogP contribution in [0.1, 0.15) is 16.7 Å². The number of halogens is 1. The summed E-state index contributed by atoms with van der Waals surface area (Å²) in [6, 6.07) is 20.9. The zero-order chi connectivity index (χ0) is 22.4. The highest BCUT2D eigenvalue weighted by Gasteiger charge is 2.28. The molecule has 8 heteroatoms. The van der Waals surface area contributed by atoms with Gasteiger partial charge in [0.05, 0.1) is 16.8 Å². The zero-order valence-corrected chi connectivity index (χ0v) is 19.5. The number of sulfonamides is 1. The van der Waals surface area contributed by atoms with Crippen LogP contribution >= 0.6 is 15.9 Å². The summed E-state index contributed by atoms with van der Waals surface area (Å²) in [5, 5.41) is 3.95. The van der Waals surface area contributed by atoms with E-state index in [-0.39, 0.29) is 4.90 Å². The number of aryl methyl sites for hydroxylation is 2. The van der Waals surface area contributed by atoms with Crippen molar-refractivity contribution in [1.82, 2.24) is 5.43 Å². The molecule has 0 aromatic heterocycles. The van der Waals surface area contributed by atoms with E-state index >= 15 is 0 Å². The lowest BCUT2D eigenvalue weighted by molar-refractivity contribution is -0.119. The Bertz CT molecular complexity index is 1210. The van der Waals surface area contributed by atoms with Gasteiger partial charge in [-0.05, 0) is 55.3 Å². The third-order valence-corrected chi connectivity index (χ3v) is 6.76. The first-order valence-electron chi connectivity index (χ1n) is 9.50. The van der Waals surface area contributed by atoms with E-state index in [0.717, 1.165) is 25.5 Å². The third kappa shape index (κ3) is 5.80. The van der Waals surface area contributed by atoms with Crippen LogP contribution in [0.25, 0.3) is 0 Å². The van der Waals surface area contributed by atoms with Crippen LogP contribution in [0.2, 0.25) is 0 Å². The summed E-state index contributed by atoms with van der Waals surface area (Å²) in [7, 11) is -3.95. The largest absolute Gasteiger partial charge is 0.271 e. The van der Waals surface area contributed by atoms with Crippen molar-refractivity contribution >= 4 is 43.8 Å². The predicted octanol–water partition coefficient (Wildman–Crippen LogP) is 4.41. The molecule has 0 aliphatic heterocycles. The molecule has 0 fully saturated rings. The molecule has 31 heavy (non-hydrogen) atoms. The molecule has 0 atom stereocenters. The molecular formula is C23H22BrN3O3S. The molecule has 0 heterocycles. The molecule has 0 aliphatic carbocycles. The van der Waals surface area contributed by atoms with Crippen LogP contribution in [-0.2, 0) is 14.8 Å². The Labute approximate surface area is 190 Å². The second-order valence-corrected chi connectivity index (χ2v) is 9.74. The van der Waals surface area contributed by atoms with Gasteiger partial charge in [0.1, 0.15) is 6.54 Å². The molecule has 1 amide bonds. The Morgan fingerprint density at radius 3 is 2.45 bits per heavy atom. The summed E-state index contributed by atoms with van der Waals surface area (Å²) in [5.41, 5.74) is 5.40. The van der Waals surface area contributed by atoms with Gasteiger partial charge in [-0.3, -0.25) is 9.10 Å². The van der Waals surface area contributed by atoms with Gasteiger partial charge in [0.2, 0.25) is 0 Å². The fourth-order valence-corrected chi connectivity index (χ4v) is 4.96. The number of carbonyl (C=O) groups excluding carboxylic acids is 1. The number of benzene rings is 3. The summed E-state index contributed by atoms with van der Waals surface area (Å²) < 4.78 is 28.7. The molecule has 0 radical (unpaired) electrons. The van der Waals surface area contributed by atoms with E-state index in [0.29, 0.717) is 5.69 Å². The molecule has 6 nitrogen and oxygen atoms in total. The first-order chi connectivity index (χ1) is 14.8. The molecule has 3 rings (SSSR count). The first-order valence-corrected chi connectivity index (χ1v) is 11.7. The maximum absolute atomic E-state index is 13.3. The van der Waals surface area contributed by atoms with Crippen molar-refractivity contribution in [2.75, 3.05) is 10.8 Å². The minimum Gasteiger partial charge on any atom is -0.271 e. The van der Waals surface area contributed by atoms with Crippen LogP contribution in [0.4, 0.5) is 5.69 Å². The standard InChI is InChI=1S/C23H22BrN3O3S/c1-17-11-12-22(18(2)13-17)27(31(29,30)21-9-4-3-5-10-21)16-23(28)26-25-15-19-7-6-8-20(24)14-19/h3-15H,16H2,1-2H3,(H,26,28)/b25-15-. The molecule has 0 saturated carbocycles. The Balaban J connectivity index is 1.87. The van der Waals surface area contributed by atoms with E-state index < -0.39 is 22.5 Å². The number of rotatable bonds is 7. The zero-order valence-electron chi connectivity index (χ0n) is 17.1. The van der Waals surface area contributed by atoms with E-state index in [4.69, 9.17) is 0 Å². The van der Waals surface area contributed by atoms with Gasteiger partial charge < -0.3 is 0 Å². The molecule has 3 aromatic rings. The van der Waals surface area contributed by atoms with E-state index in [9.17, 15) is 13.2 Å². The van der Waals surface area contributed by atoms with Gasteiger partial charge in [-0.2, -0.15) is 5.10 Å². The Kier molecular flexibility index (Phi) is 7.25. The van der Waals surface area contributed by atoms with Crippen LogP contribution in [0.3, 0.4) is 0 Å². The summed E-state index contributed by atoms with van der Waals surface area (Å²) in [4.78, 5) is 12.7. The van der Waals surface area contributed by atoms with Gasteiger partial charge in [0.15, 0.2) is 0 Å². The fourth-order valence-electron chi connectivity index (χ4n) is 3.04. The molecular weight excluding hydrogens is 478 g/mol. The fraction of sp³-hybridized carbons (Fsp3) is 0.130. The Hall–Kier alpha value is -2.97. The summed E-state index contributed by atoms with van der Waals surface area (Å²) >= 11 is 3.37. The maximum atomic E-state index is 13.3. The molecule has 0 saturated heterocycles. The summed E-state index contributed by atoms with van der Waals surface area (Å²) in [6.45, 7) is 3.34. The van der Waals surface area contributed by atoms with Gasteiger partial charge >= 0.3 is 0 Å². The molecule has 160 valence electrons. The van der Waals surface area contributed by atoms with Crippen LogP contribution in [-0.4, -0.2) is 27.1 Å². The van der Waals surface area contributed by atoms with Gasteiger partial charge in [0, 0.05) is 4.47 Å². The number of hydrazone groups is 1. The molecule has 0 unspecified atom stereocenters. The highest BCUT2D eigenvalue weighted by Crippen LogP contribution is 2.27. The highest BCUT2D eigenvalue weighted by atomic mass is 79.9. The average molecular weight is 500 g/mol. The molecule has 0 bridgehead atoms. The van der Waals surface area contributed by atoms with E-state index in [1.54, 1.807) is 24.3 Å². The lowest BCUT2D eigenvalue weighted by atomic mass is 10.1. The lowest BCUT2D eigenvalue weighted by Gasteiger charge is -2.25. The quantitative estimate of drug-likeness (QED) is 0.386. The van der Waals surface area contributed by atoms with Gasteiger partial charge in [-0.1, -0.05) is 64.0 Å². The number of nitrogens with one attached hydrogen (secondary N) is 1. The molecule has 0 spiro atoms. The first kappa shape index (κ1) is 22.7. The van der Waals surface area contributed by atoms with Crippen molar-refractivity contribution in [2.24, 2.45) is 5.10 Å². The van der Waals surface area contributed by atoms with Crippen LogP contribution < -0.4 is 9.73 Å². The van der Waals surface area contributed by atoms with Crippen LogP contribution in [0.5, 0.6) is 0 Å². The minimum atomic E-state index is -3.95. The average Bonchev–Trinajstić information content (AvgIpc) is 2.73. The van der Waals surface area contributed by atoms with E-state index in [1.807, 2.05) is 50.2 Å². The van der Waals surface area contributed by atoms with Crippen molar-refractivity contribution in [3.8, 4) is 0 Å². The minimum absolute atomic E-state index is 0.111. The van der Waals surface area contributed by atoms with Gasteiger partial charge in [-0.15, -0.1) is 0 Å². The van der Waals surface area contributed by atoms with Gasteiger partial charge in [-0.25, -0.2) is 13.8 Å². The van der Waals surface area contributed by atoms with E-state index in [2.05, 4.69) is 26.5 Å². The predicted molar refractivity (Wildman–Crippen MR) is 127 cm³/mol. The Morgan fingerprint density at radius 2 is 1.77 bits per heavy atom. The van der Waals surface area contributed by atoms with E-state index in [1.165, 1.54) is 18.3 Å². The second kappa shape index (κ2) is 9.89. The lowest BCUT2D eigenvalue weighted by Crippen LogP contribution is -2.40. The van der Waals surface area contributed by atoms with Crippen LogP contribution in [0, 0.1) is 13.8 Å².